The molecule has 102 valence electrons. The van der Waals surface area contributed by atoms with E-state index in [2.05, 4.69) is 4.74 Å². The highest BCUT2D eigenvalue weighted by Crippen LogP contribution is 2.24. The van der Waals surface area contributed by atoms with E-state index < -0.39 is 18.6 Å². The molecule has 4 nitrogen and oxygen atoms in total. The number of rotatable bonds is 5. The quantitative estimate of drug-likeness (QED) is 0.851. The Labute approximate surface area is 102 Å². The first kappa shape index (κ1) is 14.6. The van der Waals surface area contributed by atoms with E-state index in [1.165, 1.54) is 19.1 Å². The first-order valence-corrected chi connectivity index (χ1v) is 5.04. The molecule has 0 bridgehead atoms. The Kier molecular flexibility index (Phi) is 4.42. The Morgan fingerprint density at radius 3 is 2.06 bits per heavy atom. The third kappa shape index (κ3) is 5.24. The van der Waals surface area contributed by atoms with Crippen molar-refractivity contribution in [1.29, 1.82) is 0 Å². The maximum atomic E-state index is 11.9. The van der Waals surface area contributed by atoms with Crippen molar-refractivity contribution in [2.24, 2.45) is 0 Å². The number of aliphatic hydroxyl groups excluding tert-OH is 1. The normalized spacial score (nSPS) is 15.0. The number of hydrogen-bond acceptors (Lipinski definition) is 4. The fourth-order valence-electron chi connectivity index (χ4n) is 1.02. The van der Waals surface area contributed by atoms with Gasteiger partial charge in [-0.15, -0.1) is 13.2 Å². The first-order chi connectivity index (χ1) is 8.22. The molecular weight excluding hydrogens is 253 g/mol. The average molecular weight is 266 g/mol. The largest absolute Gasteiger partial charge is 0.573 e. The maximum absolute atomic E-state index is 11.9. The summed E-state index contributed by atoms with van der Waals surface area (Å²) in [6.45, 7) is 0.708. The topological polar surface area (TPSA) is 58.9 Å². The second-order valence-electron chi connectivity index (χ2n) is 3.96. The van der Waals surface area contributed by atoms with Gasteiger partial charge in [0.1, 0.15) is 23.7 Å². The van der Waals surface area contributed by atoms with E-state index in [0.717, 1.165) is 12.1 Å². The molecule has 0 spiro atoms. The average Bonchev–Trinajstić information content (AvgIpc) is 2.26. The van der Waals surface area contributed by atoms with Crippen LogP contribution in [0.15, 0.2) is 24.3 Å². The number of alkyl halides is 3. The molecule has 1 aromatic carbocycles. The van der Waals surface area contributed by atoms with E-state index in [0.29, 0.717) is 0 Å². The molecule has 0 saturated heterocycles. The fraction of sp³-hybridized carbons (Fsp3) is 0.455. The smallest absolute Gasteiger partial charge is 0.491 e. The summed E-state index contributed by atoms with van der Waals surface area (Å²) in [5, 5.41) is 18.2. The molecule has 0 fully saturated rings. The molecule has 0 aliphatic heterocycles. The zero-order chi connectivity index (χ0) is 13.8. The van der Waals surface area contributed by atoms with Gasteiger partial charge in [-0.3, -0.25) is 0 Å². The molecule has 0 unspecified atom stereocenters. The minimum Gasteiger partial charge on any atom is -0.491 e. The molecule has 0 aliphatic rings. The monoisotopic (exact) mass is 266 g/mol. The van der Waals surface area contributed by atoms with Gasteiger partial charge in [-0.25, -0.2) is 0 Å². The second kappa shape index (κ2) is 5.45. The Hall–Kier alpha value is -1.47. The summed E-state index contributed by atoms with van der Waals surface area (Å²) in [7, 11) is 0. The third-order valence-electron chi connectivity index (χ3n) is 1.95. The van der Waals surface area contributed by atoms with E-state index in [9.17, 15) is 18.3 Å². The number of ether oxygens (including phenoxy) is 2. The van der Waals surface area contributed by atoms with E-state index in [4.69, 9.17) is 9.84 Å². The van der Waals surface area contributed by atoms with Gasteiger partial charge in [-0.05, 0) is 31.2 Å². The van der Waals surface area contributed by atoms with Crippen LogP contribution in [0.4, 0.5) is 13.2 Å². The number of aliphatic hydroxyl groups is 2. The minimum atomic E-state index is -4.73. The van der Waals surface area contributed by atoms with Gasteiger partial charge in [-0.2, -0.15) is 0 Å². The van der Waals surface area contributed by atoms with Crippen molar-refractivity contribution in [2.75, 3.05) is 13.2 Å². The minimum absolute atomic E-state index is 0.178. The SMILES string of the molecule is C[C@@](O)(CO)COc1ccc(OC(F)(F)F)cc1. The number of halogens is 3. The molecule has 7 heteroatoms. The van der Waals surface area contributed by atoms with Gasteiger partial charge in [0, 0.05) is 0 Å². The van der Waals surface area contributed by atoms with Gasteiger partial charge in [0.2, 0.25) is 0 Å². The predicted molar refractivity (Wildman–Crippen MR) is 56.3 cm³/mol. The van der Waals surface area contributed by atoms with Crippen molar-refractivity contribution >= 4 is 0 Å². The highest BCUT2D eigenvalue weighted by molar-refractivity contribution is 5.31. The second-order valence-corrected chi connectivity index (χ2v) is 3.96. The van der Waals surface area contributed by atoms with Crippen molar-refractivity contribution in [3.63, 3.8) is 0 Å². The van der Waals surface area contributed by atoms with Crippen molar-refractivity contribution in [1.82, 2.24) is 0 Å². The molecule has 1 rings (SSSR count). The summed E-state index contributed by atoms with van der Waals surface area (Å²) in [5.74, 6) is -0.0954. The molecule has 1 aromatic rings. The van der Waals surface area contributed by atoms with Crippen LogP contribution < -0.4 is 9.47 Å². The molecular formula is C11H13F3O4. The zero-order valence-corrected chi connectivity index (χ0v) is 9.57. The van der Waals surface area contributed by atoms with Crippen molar-refractivity contribution in [3.05, 3.63) is 24.3 Å². The molecule has 2 N–H and O–H groups in total. The Morgan fingerprint density at radius 1 is 1.11 bits per heavy atom. The van der Waals surface area contributed by atoms with Crippen LogP contribution in [0.2, 0.25) is 0 Å². The van der Waals surface area contributed by atoms with E-state index in [1.807, 2.05) is 0 Å². The van der Waals surface area contributed by atoms with Crippen LogP contribution in [0.5, 0.6) is 11.5 Å². The van der Waals surface area contributed by atoms with Gasteiger partial charge in [-0.1, -0.05) is 0 Å². The van der Waals surface area contributed by atoms with Gasteiger partial charge in [0.25, 0.3) is 0 Å². The molecule has 0 heterocycles. The summed E-state index contributed by atoms with van der Waals surface area (Å²) < 4.78 is 44.4. The lowest BCUT2D eigenvalue weighted by Gasteiger charge is -2.20. The fourth-order valence-corrected chi connectivity index (χ4v) is 1.02. The van der Waals surface area contributed by atoms with Crippen molar-refractivity contribution < 1.29 is 32.9 Å². The van der Waals surface area contributed by atoms with Crippen LogP contribution in [0, 0.1) is 0 Å². The highest BCUT2D eigenvalue weighted by Gasteiger charge is 2.31. The van der Waals surface area contributed by atoms with E-state index >= 15 is 0 Å². The number of benzene rings is 1. The van der Waals surface area contributed by atoms with Crippen LogP contribution in [-0.4, -0.2) is 35.4 Å². The first-order valence-electron chi connectivity index (χ1n) is 5.04. The van der Waals surface area contributed by atoms with Crippen LogP contribution >= 0.6 is 0 Å². The lowest BCUT2D eigenvalue weighted by atomic mass is 10.1. The summed E-state index contributed by atoms with van der Waals surface area (Å²) in [6, 6.07) is 4.73. The van der Waals surface area contributed by atoms with Crippen LogP contribution in [0.1, 0.15) is 6.92 Å². The molecule has 0 saturated carbocycles. The van der Waals surface area contributed by atoms with Crippen LogP contribution in [-0.2, 0) is 0 Å². The van der Waals surface area contributed by atoms with E-state index in [1.54, 1.807) is 0 Å². The molecule has 0 aliphatic carbocycles. The summed E-state index contributed by atoms with van der Waals surface area (Å²) in [5.41, 5.74) is -1.40. The maximum Gasteiger partial charge on any atom is 0.573 e. The zero-order valence-electron chi connectivity index (χ0n) is 9.57. The van der Waals surface area contributed by atoms with Gasteiger partial charge in [0.05, 0.1) is 6.61 Å². The molecule has 1 atom stereocenters. The van der Waals surface area contributed by atoms with Crippen LogP contribution in [0.25, 0.3) is 0 Å². The summed E-state index contributed by atoms with van der Waals surface area (Å²) in [6.07, 6.45) is -4.73. The molecule has 18 heavy (non-hydrogen) atoms. The van der Waals surface area contributed by atoms with Gasteiger partial charge in [0.15, 0.2) is 0 Å². The van der Waals surface area contributed by atoms with Gasteiger partial charge < -0.3 is 19.7 Å². The lowest BCUT2D eigenvalue weighted by molar-refractivity contribution is -0.274. The molecule has 0 radical (unpaired) electrons. The van der Waals surface area contributed by atoms with Crippen molar-refractivity contribution in [2.45, 2.75) is 18.9 Å². The lowest BCUT2D eigenvalue weighted by Crippen LogP contribution is -2.36. The van der Waals surface area contributed by atoms with Crippen LogP contribution in [0.3, 0.4) is 0 Å². The Morgan fingerprint density at radius 2 is 1.61 bits per heavy atom. The van der Waals surface area contributed by atoms with Crippen molar-refractivity contribution in [3.8, 4) is 11.5 Å². The Bertz CT molecular complexity index is 373. The summed E-state index contributed by atoms with van der Waals surface area (Å²) in [4.78, 5) is 0. The predicted octanol–water partition coefficient (Wildman–Crippen LogP) is 1.71. The summed E-state index contributed by atoms with van der Waals surface area (Å²) >= 11 is 0. The van der Waals surface area contributed by atoms with Gasteiger partial charge >= 0.3 is 6.36 Å². The van der Waals surface area contributed by atoms with E-state index in [-0.39, 0.29) is 18.1 Å². The standard InChI is InChI=1S/C11H13F3O4/c1-10(16,6-15)7-17-8-2-4-9(5-3-8)18-11(12,13)14/h2-5,15-16H,6-7H2,1H3/t10-/m1/s1. The molecule has 0 amide bonds. The Balaban J connectivity index is 2.56. The molecule has 0 aromatic heterocycles. The third-order valence-corrected chi connectivity index (χ3v) is 1.95. The highest BCUT2D eigenvalue weighted by atomic mass is 19.4. The number of hydrogen-bond donors (Lipinski definition) is 2.